The Kier molecular flexibility index (Phi) is 2.97. The topological polar surface area (TPSA) is 43.1 Å². The van der Waals surface area contributed by atoms with Gasteiger partial charge >= 0.3 is 0 Å². The number of hydrogen-bond donors (Lipinski definition) is 1. The zero-order valence-corrected chi connectivity index (χ0v) is 8.70. The van der Waals surface area contributed by atoms with Gasteiger partial charge in [-0.2, -0.15) is 0 Å². The van der Waals surface area contributed by atoms with E-state index in [1.165, 1.54) is 5.56 Å². The van der Waals surface area contributed by atoms with Gasteiger partial charge in [-0.15, -0.1) is 0 Å². The van der Waals surface area contributed by atoms with Crippen LogP contribution in [0.3, 0.4) is 0 Å². The van der Waals surface area contributed by atoms with Gasteiger partial charge in [0.25, 0.3) is 0 Å². The number of carbonyl (C=O) groups is 1. The van der Waals surface area contributed by atoms with E-state index >= 15 is 0 Å². The highest BCUT2D eigenvalue weighted by Crippen LogP contribution is 2.23. The quantitative estimate of drug-likeness (QED) is 0.814. The van der Waals surface area contributed by atoms with Crippen molar-refractivity contribution in [3.8, 4) is 0 Å². The molecule has 15 heavy (non-hydrogen) atoms. The van der Waals surface area contributed by atoms with Crippen molar-refractivity contribution in [3.63, 3.8) is 0 Å². The van der Waals surface area contributed by atoms with Crippen LogP contribution in [0, 0.1) is 0 Å². The lowest BCUT2D eigenvalue weighted by Crippen LogP contribution is -1.95. The summed E-state index contributed by atoms with van der Waals surface area (Å²) in [6.45, 7) is 0.680. The Morgan fingerprint density at radius 1 is 1.33 bits per heavy atom. The van der Waals surface area contributed by atoms with E-state index in [0.717, 1.165) is 24.0 Å². The minimum absolute atomic E-state index is 0.280. The van der Waals surface area contributed by atoms with Crippen LogP contribution in [0.25, 0.3) is 6.08 Å². The van der Waals surface area contributed by atoms with Crippen LogP contribution in [-0.2, 0) is 6.42 Å². The molecular weight excluding hydrogens is 186 g/mol. The van der Waals surface area contributed by atoms with Gasteiger partial charge in [-0.25, -0.2) is 0 Å². The molecule has 0 radical (unpaired) electrons. The van der Waals surface area contributed by atoms with Crippen LogP contribution in [0.5, 0.6) is 0 Å². The molecule has 0 heterocycles. The van der Waals surface area contributed by atoms with E-state index in [0.29, 0.717) is 13.0 Å². The number of fused-ring (bicyclic) bond motifs is 1. The Morgan fingerprint density at radius 3 is 3.00 bits per heavy atom. The summed E-state index contributed by atoms with van der Waals surface area (Å²) in [4.78, 5) is 11.4. The van der Waals surface area contributed by atoms with E-state index in [2.05, 4.69) is 18.2 Å². The summed E-state index contributed by atoms with van der Waals surface area (Å²) < 4.78 is 0. The first kappa shape index (κ1) is 10.1. The molecule has 2 rings (SSSR count). The van der Waals surface area contributed by atoms with Crippen molar-refractivity contribution in [3.05, 3.63) is 41.0 Å². The predicted molar refractivity (Wildman–Crippen MR) is 61.8 cm³/mol. The monoisotopic (exact) mass is 201 g/mol. The maximum atomic E-state index is 11.4. The third kappa shape index (κ3) is 2.16. The van der Waals surface area contributed by atoms with Crippen molar-refractivity contribution in [2.45, 2.75) is 19.3 Å². The van der Waals surface area contributed by atoms with Crippen LogP contribution in [-0.4, -0.2) is 12.3 Å². The van der Waals surface area contributed by atoms with Gasteiger partial charge in [0.2, 0.25) is 0 Å². The number of hydrogen-bond acceptors (Lipinski definition) is 2. The van der Waals surface area contributed by atoms with Gasteiger partial charge in [0, 0.05) is 12.0 Å². The van der Waals surface area contributed by atoms with Gasteiger partial charge < -0.3 is 5.73 Å². The Hall–Kier alpha value is -1.41. The van der Waals surface area contributed by atoms with Crippen LogP contribution in [0.1, 0.15) is 34.3 Å². The molecule has 0 atom stereocenters. The van der Waals surface area contributed by atoms with E-state index in [4.69, 9.17) is 5.73 Å². The normalized spacial score (nSPS) is 14.9. The highest BCUT2D eigenvalue weighted by atomic mass is 16.1. The minimum Gasteiger partial charge on any atom is -0.330 e. The molecule has 2 heteroatoms. The minimum atomic E-state index is 0.280. The number of aryl methyl sites for hydroxylation is 1. The molecule has 1 aliphatic rings. The fourth-order valence-corrected chi connectivity index (χ4v) is 1.89. The second-order valence-electron chi connectivity index (χ2n) is 3.82. The van der Waals surface area contributed by atoms with Crippen molar-refractivity contribution >= 4 is 11.9 Å². The summed E-state index contributed by atoms with van der Waals surface area (Å²) in [7, 11) is 0. The smallest absolute Gasteiger partial charge is 0.163 e. The molecule has 0 aromatic heterocycles. The van der Waals surface area contributed by atoms with E-state index < -0.39 is 0 Å². The summed E-state index contributed by atoms with van der Waals surface area (Å²) in [6.07, 6.45) is 6.60. The van der Waals surface area contributed by atoms with Gasteiger partial charge in [0.1, 0.15) is 0 Å². The average molecular weight is 201 g/mol. The van der Waals surface area contributed by atoms with Crippen molar-refractivity contribution < 1.29 is 4.79 Å². The van der Waals surface area contributed by atoms with Crippen LogP contribution < -0.4 is 5.73 Å². The molecular formula is C13H15NO. The second-order valence-corrected chi connectivity index (χ2v) is 3.82. The van der Waals surface area contributed by atoms with Crippen LogP contribution in [0.2, 0.25) is 0 Å². The molecule has 1 aromatic rings. The molecule has 0 amide bonds. The first-order valence-electron chi connectivity index (χ1n) is 5.34. The number of ketones is 1. The number of carbonyl (C=O) groups excluding carboxylic acids is 1. The average Bonchev–Trinajstić information content (AvgIpc) is 2.61. The maximum Gasteiger partial charge on any atom is 0.163 e. The molecule has 0 fully saturated rings. The number of benzene rings is 1. The van der Waals surface area contributed by atoms with E-state index in [1.807, 2.05) is 12.1 Å². The molecule has 0 aliphatic heterocycles. The summed E-state index contributed by atoms with van der Waals surface area (Å²) in [5, 5.41) is 0. The van der Waals surface area contributed by atoms with Gasteiger partial charge in [-0.3, -0.25) is 4.79 Å². The zero-order chi connectivity index (χ0) is 10.7. The van der Waals surface area contributed by atoms with E-state index in [1.54, 1.807) is 0 Å². The molecule has 0 saturated heterocycles. The molecule has 1 aromatic carbocycles. The van der Waals surface area contributed by atoms with Crippen molar-refractivity contribution in [1.82, 2.24) is 0 Å². The third-order valence-corrected chi connectivity index (χ3v) is 2.69. The van der Waals surface area contributed by atoms with Crippen LogP contribution in [0.15, 0.2) is 24.3 Å². The lowest BCUT2D eigenvalue weighted by molar-refractivity contribution is 0.0994. The molecule has 0 unspecified atom stereocenters. The van der Waals surface area contributed by atoms with E-state index in [-0.39, 0.29) is 5.78 Å². The maximum absolute atomic E-state index is 11.4. The van der Waals surface area contributed by atoms with Gasteiger partial charge in [0.15, 0.2) is 5.78 Å². The summed E-state index contributed by atoms with van der Waals surface area (Å²) in [6, 6.07) is 6.04. The number of Topliss-reactive ketones (excluding diaryl/α,β-unsaturated/α-hetero) is 1. The van der Waals surface area contributed by atoms with Crippen LogP contribution in [0.4, 0.5) is 0 Å². The molecule has 2 nitrogen and oxygen atoms in total. The molecule has 1 aliphatic carbocycles. The molecule has 78 valence electrons. The first-order valence-corrected chi connectivity index (χ1v) is 5.34. The SMILES string of the molecule is NCCC=Cc1ccc2c(c1)CCC2=O. The Labute approximate surface area is 89.8 Å². The zero-order valence-electron chi connectivity index (χ0n) is 8.70. The van der Waals surface area contributed by atoms with Gasteiger partial charge in [-0.1, -0.05) is 30.4 Å². The number of nitrogens with two attached hydrogens (primary N) is 1. The second kappa shape index (κ2) is 4.41. The predicted octanol–water partition coefficient (Wildman–Crippen LogP) is 2.18. The summed E-state index contributed by atoms with van der Waals surface area (Å²) in [5.74, 6) is 0.280. The number of rotatable bonds is 3. The Bertz CT molecular complexity index is 407. The Morgan fingerprint density at radius 2 is 2.20 bits per heavy atom. The third-order valence-electron chi connectivity index (χ3n) is 2.69. The standard InChI is InChI=1S/C13H15NO/c14-8-2-1-3-10-4-6-12-11(9-10)5-7-13(12)15/h1,3-4,6,9H,2,5,7-8,14H2. The summed E-state index contributed by atoms with van der Waals surface area (Å²) in [5.41, 5.74) is 8.67. The van der Waals surface area contributed by atoms with Crippen LogP contribution >= 0.6 is 0 Å². The fraction of sp³-hybridized carbons (Fsp3) is 0.308. The Balaban J connectivity index is 2.19. The lowest BCUT2D eigenvalue weighted by Gasteiger charge is -1.99. The van der Waals surface area contributed by atoms with Gasteiger partial charge in [-0.05, 0) is 30.5 Å². The molecule has 2 N–H and O–H groups in total. The highest BCUT2D eigenvalue weighted by molar-refractivity contribution is 6.00. The van der Waals surface area contributed by atoms with Crippen molar-refractivity contribution in [1.29, 1.82) is 0 Å². The largest absolute Gasteiger partial charge is 0.330 e. The molecule has 0 saturated carbocycles. The summed E-state index contributed by atoms with van der Waals surface area (Å²) >= 11 is 0. The highest BCUT2D eigenvalue weighted by Gasteiger charge is 2.18. The lowest BCUT2D eigenvalue weighted by atomic mass is 10.1. The van der Waals surface area contributed by atoms with E-state index in [9.17, 15) is 4.79 Å². The molecule has 0 bridgehead atoms. The van der Waals surface area contributed by atoms with Gasteiger partial charge in [0.05, 0.1) is 0 Å². The fourth-order valence-electron chi connectivity index (χ4n) is 1.89. The first-order chi connectivity index (χ1) is 7.31. The molecule has 0 spiro atoms. The van der Waals surface area contributed by atoms with Crippen molar-refractivity contribution in [2.75, 3.05) is 6.54 Å². The van der Waals surface area contributed by atoms with Crippen molar-refractivity contribution in [2.24, 2.45) is 5.73 Å².